The first-order valence-electron chi connectivity index (χ1n) is 9.79. The van der Waals surface area contributed by atoms with Gasteiger partial charge in [-0.3, -0.25) is 10.1 Å². The van der Waals surface area contributed by atoms with Crippen LogP contribution < -0.4 is 20.1 Å². The Kier molecular flexibility index (Phi) is 8.09. The summed E-state index contributed by atoms with van der Waals surface area (Å²) in [7, 11) is 1.61. The molecule has 0 aromatic heterocycles. The van der Waals surface area contributed by atoms with E-state index in [1.54, 1.807) is 19.2 Å². The molecule has 0 saturated carbocycles. The summed E-state index contributed by atoms with van der Waals surface area (Å²) >= 11 is 6.18. The lowest BCUT2D eigenvalue weighted by Gasteiger charge is -2.13. The fourth-order valence-corrected chi connectivity index (χ4v) is 3.13. The maximum atomic E-state index is 10.7. The number of hydrogen-bond donors (Lipinski definition) is 2. The quantitative estimate of drug-likeness (QED) is 0.246. The van der Waals surface area contributed by atoms with Crippen LogP contribution in [0.3, 0.4) is 0 Å². The second-order valence-corrected chi connectivity index (χ2v) is 7.18. The molecule has 0 radical (unpaired) electrons. The van der Waals surface area contributed by atoms with Crippen molar-refractivity contribution in [3.05, 3.63) is 93.0 Å². The third-order valence-corrected chi connectivity index (χ3v) is 4.98. The number of ether oxygens (including phenoxy) is 2. The normalized spacial score (nSPS) is 10.5. The molecular formula is C23H24ClN3O4. The summed E-state index contributed by atoms with van der Waals surface area (Å²) in [5.41, 5.74) is 2.90. The van der Waals surface area contributed by atoms with Gasteiger partial charge in [-0.05, 0) is 35.9 Å². The number of nitro groups is 1. The largest absolute Gasteiger partial charge is 0.493 e. The molecule has 7 nitrogen and oxygen atoms in total. The van der Waals surface area contributed by atoms with E-state index >= 15 is 0 Å². The van der Waals surface area contributed by atoms with E-state index < -0.39 is 4.92 Å². The molecule has 3 aromatic carbocycles. The molecule has 3 rings (SSSR count). The van der Waals surface area contributed by atoms with Gasteiger partial charge < -0.3 is 20.1 Å². The van der Waals surface area contributed by atoms with Crippen LogP contribution >= 0.6 is 11.6 Å². The van der Waals surface area contributed by atoms with Crippen molar-refractivity contribution in [1.29, 1.82) is 0 Å². The topological polar surface area (TPSA) is 85.7 Å². The minimum absolute atomic E-state index is 0.0805. The predicted molar refractivity (Wildman–Crippen MR) is 122 cm³/mol. The van der Waals surface area contributed by atoms with Crippen LogP contribution in [0.5, 0.6) is 11.5 Å². The fraction of sp³-hybridized carbons (Fsp3) is 0.217. The minimum atomic E-state index is -0.410. The van der Waals surface area contributed by atoms with Crippen molar-refractivity contribution in [2.24, 2.45) is 0 Å². The highest BCUT2D eigenvalue weighted by Gasteiger charge is 2.08. The molecule has 0 saturated heterocycles. The van der Waals surface area contributed by atoms with Crippen LogP contribution in [-0.4, -0.2) is 25.1 Å². The average Bonchev–Trinajstić information content (AvgIpc) is 2.79. The zero-order valence-electron chi connectivity index (χ0n) is 17.1. The molecule has 2 N–H and O–H groups in total. The fourth-order valence-electron chi connectivity index (χ4n) is 2.94. The zero-order chi connectivity index (χ0) is 22.1. The molecule has 0 aliphatic rings. The highest BCUT2D eigenvalue weighted by Crippen LogP contribution is 2.29. The van der Waals surface area contributed by atoms with Crippen molar-refractivity contribution in [2.45, 2.75) is 13.2 Å². The molecule has 0 bridgehead atoms. The molecule has 0 unspecified atom stereocenters. The van der Waals surface area contributed by atoms with Crippen molar-refractivity contribution in [3.8, 4) is 11.5 Å². The molecule has 0 aliphatic heterocycles. The van der Waals surface area contributed by atoms with E-state index in [1.807, 2.05) is 42.5 Å². The van der Waals surface area contributed by atoms with Crippen molar-refractivity contribution in [1.82, 2.24) is 5.32 Å². The van der Waals surface area contributed by atoms with Gasteiger partial charge in [0, 0.05) is 48.0 Å². The van der Waals surface area contributed by atoms with Gasteiger partial charge in [-0.2, -0.15) is 0 Å². The summed E-state index contributed by atoms with van der Waals surface area (Å²) in [6, 6.07) is 19.8. The number of nitrogens with zero attached hydrogens (tertiary/aromatic N) is 1. The number of hydrogen-bond acceptors (Lipinski definition) is 6. The van der Waals surface area contributed by atoms with Gasteiger partial charge in [-0.1, -0.05) is 35.9 Å². The average molecular weight is 442 g/mol. The molecular weight excluding hydrogens is 418 g/mol. The van der Waals surface area contributed by atoms with E-state index in [-0.39, 0.29) is 5.69 Å². The summed E-state index contributed by atoms with van der Waals surface area (Å²) < 4.78 is 11.4. The van der Waals surface area contributed by atoms with Crippen LogP contribution in [0.1, 0.15) is 11.1 Å². The van der Waals surface area contributed by atoms with E-state index in [0.29, 0.717) is 36.2 Å². The molecule has 162 valence electrons. The molecule has 0 atom stereocenters. The van der Waals surface area contributed by atoms with Gasteiger partial charge in [0.25, 0.3) is 5.69 Å². The Labute approximate surface area is 186 Å². The van der Waals surface area contributed by atoms with Crippen LogP contribution in [0.25, 0.3) is 0 Å². The third kappa shape index (κ3) is 6.60. The Bertz CT molecular complexity index is 1010. The monoisotopic (exact) mass is 441 g/mol. The predicted octanol–water partition coefficient (Wildman–Crippen LogP) is 5.04. The molecule has 0 fully saturated rings. The lowest BCUT2D eigenvalue weighted by atomic mass is 10.2. The first kappa shape index (κ1) is 22.4. The Morgan fingerprint density at radius 1 is 1.00 bits per heavy atom. The molecule has 0 aliphatic carbocycles. The summed E-state index contributed by atoms with van der Waals surface area (Å²) in [4.78, 5) is 10.3. The molecule has 0 heterocycles. The second-order valence-electron chi connectivity index (χ2n) is 6.77. The lowest BCUT2D eigenvalue weighted by Crippen LogP contribution is -2.21. The van der Waals surface area contributed by atoms with Gasteiger partial charge in [0.2, 0.25) is 0 Å². The van der Waals surface area contributed by atoms with Crippen LogP contribution in [0.15, 0.2) is 66.7 Å². The summed E-state index contributed by atoms with van der Waals surface area (Å²) in [5.74, 6) is 1.32. The standard InChI is InChI=1S/C23H24ClN3O4/c1-30-23-14-17(6-11-22(23)31-16-18-4-2-3-5-21(18)24)15-25-12-13-26-19-7-9-20(10-8-19)27(28)29/h2-11,14,25-26H,12-13,15-16H2,1H3. The number of methoxy groups -OCH3 is 1. The zero-order valence-corrected chi connectivity index (χ0v) is 17.9. The maximum absolute atomic E-state index is 10.7. The minimum Gasteiger partial charge on any atom is -0.493 e. The summed E-state index contributed by atoms with van der Waals surface area (Å²) in [6.07, 6.45) is 0. The van der Waals surface area contributed by atoms with E-state index in [9.17, 15) is 10.1 Å². The maximum Gasteiger partial charge on any atom is 0.269 e. The SMILES string of the molecule is COc1cc(CNCCNc2ccc([N+](=O)[O-])cc2)ccc1OCc1ccccc1Cl. The molecule has 0 amide bonds. The Morgan fingerprint density at radius 2 is 1.77 bits per heavy atom. The highest BCUT2D eigenvalue weighted by molar-refractivity contribution is 6.31. The van der Waals surface area contributed by atoms with Crippen molar-refractivity contribution in [2.75, 3.05) is 25.5 Å². The Balaban J connectivity index is 1.45. The van der Waals surface area contributed by atoms with E-state index in [4.69, 9.17) is 21.1 Å². The number of rotatable bonds is 11. The Morgan fingerprint density at radius 3 is 2.48 bits per heavy atom. The van der Waals surface area contributed by atoms with Crippen molar-refractivity contribution < 1.29 is 14.4 Å². The number of nitro benzene ring substituents is 1. The van der Waals surface area contributed by atoms with Gasteiger partial charge in [-0.25, -0.2) is 0 Å². The molecule has 31 heavy (non-hydrogen) atoms. The van der Waals surface area contributed by atoms with Crippen LogP contribution in [0, 0.1) is 10.1 Å². The molecule has 3 aromatic rings. The van der Waals surface area contributed by atoms with Crippen molar-refractivity contribution in [3.63, 3.8) is 0 Å². The Hall–Kier alpha value is -3.29. The third-order valence-electron chi connectivity index (χ3n) is 4.61. The van der Waals surface area contributed by atoms with E-state index in [2.05, 4.69) is 10.6 Å². The van der Waals surface area contributed by atoms with Crippen LogP contribution in [0.2, 0.25) is 5.02 Å². The van der Waals surface area contributed by atoms with Crippen LogP contribution in [0.4, 0.5) is 11.4 Å². The number of nitrogens with one attached hydrogen (secondary N) is 2. The number of anilines is 1. The van der Waals surface area contributed by atoms with Crippen molar-refractivity contribution >= 4 is 23.0 Å². The summed E-state index contributed by atoms with van der Waals surface area (Å²) in [6.45, 7) is 2.45. The first-order chi connectivity index (χ1) is 15.1. The van der Waals surface area contributed by atoms with Gasteiger partial charge in [0.15, 0.2) is 11.5 Å². The van der Waals surface area contributed by atoms with E-state index in [1.165, 1.54) is 12.1 Å². The van der Waals surface area contributed by atoms with Crippen LogP contribution in [-0.2, 0) is 13.2 Å². The number of halogens is 1. The van der Waals surface area contributed by atoms with Gasteiger partial charge >= 0.3 is 0 Å². The summed E-state index contributed by atoms with van der Waals surface area (Å²) in [5, 5.41) is 17.9. The molecule has 0 spiro atoms. The number of non-ortho nitro benzene ring substituents is 1. The van der Waals surface area contributed by atoms with Gasteiger partial charge in [0.05, 0.1) is 12.0 Å². The first-order valence-corrected chi connectivity index (χ1v) is 10.2. The smallest absolute Gasteiger partial charge is 0.269 e. The number of benzene rings is 3. The molecule has 8 heteroatoms. The lowest BCUT2D eigenvalue weighted by molar-refractivity contribution is -0.384. The second kappa shape index (κ2) is 11.2. The van der Waals surface area contributed by atoms with Gasteiger partial charge in [-0.15, -0.1) is 0 Å². The van der Waals surface area contributed by atoms with Gasteiger partial charge in [0.1, 0.15) is 6.61 Å². The van der Waals surface area contributed by atoms with E-state index in [0.717, 1.165) is 23.4 Å². The highest BCUT2D eigenvalue weighted by atomic mass is 35.5.